The van der Waals surface area contributed by atoms with Gasteiger partial charge < -0.3 is 4.90 Å². The molecule has 1 unspecified atom stereocenters. The molecule has 0 spiro atoms. The van der Waals surface area contributed by atoms with Crippen molar-refractivity contribution in [2.24, 2.45) is 22.7 Å². The highest BCUT2D eigenvalue weighted by atomic mass is 32.2. The maximum absolute atomic E-state index is 12.8. The van der Waals surface area contributed by atoms with Gasteiger partial charge >= 0.3 is 0 Å². The van der Waals surface area contributed by atoms with Gasteiger partial charge in [0, 0.05) is 24.4 Å². The molecular formula is C25H35N3OS. The molecule has 162 valence electrons. The van der Waals surface area contributed by atoms with E-state index >= 15 is 0 Å². The van der Waals surface area contributed by atoms with Crippen LogP contribution in [0.15, 0.2) is 29.3 Å². The monoisotopic (exact) mass is 425 g/mol. The molecule has 4 saturated carbocycles. The molecule has 4 aliphatic carbocycles. The first-order chi connectivity index (χ1) is 14.3. The molecule has 5 heteroatoms. The largest absolute Gasteiger partial charge is 0.327 e. The number of hydrogen-bond donors (Lipinski definition) is 0. The van der Waals surface area contributed by atoms with Crippen LogP contribution in [0.4, 0.5) is 5.69 Å². The molecule has 6 rings (SSSR count). The number of carbonyl (C=O) groups is 1. The smallest absolute Gasteiger partial charge is 0.225 e. The summed E-state index contributed by atoms with van der Waals surface area (Å²) in [4.78, 5) is 22.7. The first-order valence-electron chi connectivity index (χ1n) is 11.7. The van der Waals surface area contributed by atoms with Crippen molar-refractivity contribution in [3.8, 4) is 0 Å². The predicted molar refractivity (Wildman–Crippen MR) is 126 cm³/mol. The van der Waals surface area contributed by atoms with Gasteiger partial charge in [0.05, 0.1) is 5.54 Å². The van der Waals surface area contributed by atoms with Gasteiger partial charge in [-0.25, -0.2) is 0 Å². The number of aryl methyl sites for hydroxylation is 1. The van der Waals surface area contributed by atoms with Crippen LogP contribution in [0.1, 0.15) is 64.9 Å². The summed E-state index contributed by atoms with van der Waals surface area (Å²) >= 11 is 1.86. The van der Waals surface area contributed by atoms with E-state index in [4.69, 9.17) is 4.99 Å². The summed E-state index contributed by atoms with van der Waals surface area (Å²) in [6.07, 6.45) is 8.22. The highest BCUT2D eigenvalue weighted by Crippen LogP contribution is 2.57. The highest BCUT2D eigenvalue weighted by molar-refractivity contribution is 8.14. The molecule has 1 aromatic rings. The second-order valence-electron chi connectivity index (χ2n) is 10.6. The Labute approximate surface area is 185 Å². The van der Waals surface area contributed by atoms with Gasteiger partial charge in [-0.1, -0.05) is 29.5 Å². The van der Waals surface area contributed by atoms with Gasteiger partial charge in [-0.2, -0.15) is 0 Å². The molecule has 4 nitrogen and oxygen atoms in total. The summed E-state index contributed by atoms with van der Waals surface area (Å²) < 4.78 is 0. The Hall–Kier alpha value is -1.49. The van der Waals surface area contributed by atoms with Crippen molar-refractivity contribution in [1.29, 1.82) is 0 Å². The highest BCUT2D eigenvalue weighted by Gasteiger charge is 2.52. The fourth-order valence-electron chi connectivity index (χ4n) is 6.96. The zero-order valence-corrected chi connectivity index (χ0v) is 19.6. The van der Waals surface area contributed by atoms with Gasteiger partial charge in [0.25, 0.3) is 0 Å². The third-order valence-electron chi connectivity index (χ3n) is 7.75. The summed E-state index contributed by atoms with van der Waals surface area (Å²) in [6, 6.07) is 8.65. The molecule has 1 saturated heterocycles. The molecule has 5 fully saturated rings. The van der Waals surface area contributed by atoms with Crippen molar-refractivity contribution in [2.75, 3.05) is 10.7 Å². The van der Waals surface area contributed by atoms with Gasteiger partial charge in [-0.3, -0.25) is 14.7 Å². The lowest BCUT2D eigenvalue weighted by atomic mass is 9.53. The Bertz CT molecular complexity index is 811. The van der Waals surface area contributed by atoms with E-state index in [1.165, 1.54) is 49.3 Å². The Balaban J connectivity index is 1.46. The maximum Gasteiger partial charge on any atom is 0.225 e. The lowest BCUT2D eigenvalue weighted by Gasteiger charge is -2.55. The third kappa shape index (κ3) is 3.57. The number of carbonyl (C=O) groups excluding carboxylic acids is 1. The molecule has 1 aromatic carbocycles. The van der Waals surface area contributed by atoms with E-state index in [9.17, 15) is 4.79 Å². The van der Waals surface area contributed by atoms with E-state index < -0.39 is 0 Å². The normalized spacial score (nSPS) is 36.2. The van der Waals surface area contributed by atoms with Gasteiger partial charge in [-0.15, -0.1) is 0 Å². The molecule has 0 N–H and O–H groups in total. The van der Waals surface area contributed by atoms with Crippen molar-refractivity contribution in [1.82, 2.24) is 4.90 Å². The summed E-state index contributed by atoms with van der Waals surface area (Å²) in [7, 11) is 0. The molecule has 0 radical (unpaired) electrons. The van der Waals surface area contributed by atoms with E-state index in [0.29, 0.717) is 6.04 Å². The quantitative estimate of drug-likeness (QED) is 0.643. The second kappa shape index (κ2) is 7.58. The Kier molecular flexibility index (Phi) is 5.16. The fraction of sp³-hybridized carbons (Fsp3) is 0.680. The fourth-order valence-corrected chi connectivity index (χ4v) is 8.31. The van der Waals surface area contributed by atoms with E-state index in [1.807, 2.05) is 16.7 Å². The van der Waals surface area contributed by atoms with Gasteiger partial charge in [0.1, 0.15) is 6.17 Å². The van der Waals surface area contributed by atoms with Crippen LogP contribution in [0.5, 0.6) is 0 Å². The van der Waals surface area contributed by atoms with Crippen molar-refractivity contribution in [3.05, 3.63) is 29.8 Å². The minimum absolute atomic E-state index is 0.0304. The van der Waals surface area contributed by atoms with Crippen molar-refractivity contribution in [3.63, 3.8) is 0 Å². The van der Waals surface area contributed by atoms with Crippen molar-refractivity contribution >= 4 is 28.5 Å². The van der Waals surface area contributed by atoms with Crippen LogP contribution in [0.3, 0.4) is 0 Å². The number of amides is 1. The van der Waals surface area contributed by atoms with Gasteiger partial charge in [-0.05, 0) is 89.2 Å². The van der Waals surface area contributed by atoms with Crippen molar-refractivity contribution < 1.29 is 4.79 Å². The topological polar surface area (TPSA) is 35.9 Å². The van der Waals surface area contributed by atoms with E-state index in [-0.39, 0.29) is 17.6 Å². The molecule has 1 amide bonds. The standard InChI is InChI=1S/C25H35N3OS/c1-16(2)27-23(28(18(4)29)22-7-5-17(3)6-8-22)15-30-24(27)26-25-12-19-9-20(13-25)11-21(10-19)14-25/h5-8,16,19-21,23H,9-15H2,1-4H3. The molecule has 0 aromatic heterocycles. The van der Waals surface area contributed by atoms with Crippen LogP contribution in [0.2, 0.25) is 0 Å². The van der Waals surface area contributed by atoms with E-state index in [1.54, 1.807) is 6.92 Å². The summed E-state index contributed by atoms with van der Waals surface area (Å²) in [5.41, 5.74) is 2.37. The maximum atomic E-state index is 12.8. The lowest BCUT2D eigenvalue weighted by Crippen LogP contribution is -2.54. The number of benzene rings is 1. The molecule has 5 aliphatic rings. The zero-order chi connectivity index (χ0) is 21.0. The van der Waals surface area contributed by atoms with Crippen LogP contribution >= 0.6 is 11.8 Å². The molecular weight excluding hydrogens is 390 g/mol. The molecule has 1 aliphatic heterocycles. The van der Waals surface area contributed by atoms with Crippen LogP contribution < -0.4 is 4.90 Å². The van der Waals surface area contributed by atoms with Gasteiger partial charge in [0.2, 0.25) is 5.91 Å². The van der Waals surface area contributed by atoms with E-state index in [0.717, 1.165) is 29.2 Å². The first kappa shape index (κ1) is 20.4. The Morgan fingerprint density at radius 2 is 1.67 bits per heavy atom. The second-order valence-corrected chi connectivity index (χ2v) is 11.5. The van der Waals surface area contributed by atoms with Gasteiger partial charge in [0.15, 0.2) is 5.17 Å². The van der Waals surface area contributed by atoms with Crippen LogP contribution in [-0.4, -0.2) is 39.5 Å². The first-order valence-corrected chi connectivity index (χ1v) is 12.7. The van der Waals surface area contributed by atoms with Crippen LogP contribution in [-0.2, 0) is 4.79 Å². The lowest BCUT2D eigenvalue weighted by molar-refractivity contribution is -0.117. The minimum atomic E-state index is 0.0304. The van der Waals surface area contributed by atoms with Crippen LogP contribution in [0, 0.1) is 24.7 Å². The number of aliphatic imine (C=N–C) groups is 1. The Morgan fingerprint density at radius 3 is 2.17 bits per heavy atom. The summed E-state index contributed by atoms with van der Waals surface area (Å²) in [6.45, 7) is 8.25. The number of thioether (sulfide) groups is 1. The molecule has 1 heterocycles. The minimum Gasteiger partial charge on any atom is -0.327 e. The SMILES string of the molecule is CC(=O)N(c1ccc(C)cc1)C1CSC(=NC23CC4CC(CC(C4)C2)C3)N1C(C)C. The number of amidine groups is 1. The molecule has 30 heavy (non-hydrogen) atoms. The Morgan fingerprint density at radius 1 is 1.10 bits per heavy atom. The predicted octanol–water partition coefficient (Wildman–Crippen LogP) is 5.46. The summed E-state index contributed by atoms with van der Waals surface area (Å²) in [5, 5.41) is 1.18. The number of nitrogens with zero attached hydrogens (tertiary/aromatic N) is 3. The van der Waals surface area contributed by atoms with E-state index in [2.05, 4.69) is 49.9 Å². The average Bonchev–Trinajstić information content (AvgIpc) is 3.04. The number of hydrogen-bond acceptors (Lipinski definition) is 3. The van der Waals surface area contributed by atoms with Crippen LogP contribution in [0.25, 0.3) is 0 Å². The molecule has 4 bridgehead atoms. The average molecular weight is 426 g/mol. The number of anilines is 1. The van der Waals surface area contributed by atoms with Crippen molar-refractivity contribution in [2.45, 2.75) is 84.0 Å². The third-order valence-corrected chi connectivity index (χ3v) is 8.77. The zero-order valence-electron chi connectivity index (χ0n) is 18.8. The molecule has 1 atom stereocenters. The number of rotatable bonds is 4. The summed E-state index contributed by atoms with van der Waals surface area (Å²) in [5.74, 6) is 3.69.